The van der Waals surface area contributed by atoms with Crippen molar-refractivity contribution in [2.75, 3.05) is 33.3 Å². The number of phosphoric acid groups is 1. The third kappa shape index (κ3) is 9.39. The number of esters is 1. The van der Waals surface area contributed by atoms with Crippen molar-refractivity contribution in [2.24, 2.45) is 0 Å². The van der Waals surface area contributed by atoms with Crippen molar-refractivity contribution in [1.82, 2.24) is 9.55 Å². The first-order valence-corrected chi connectivity index (χ1v) is 15.5. The van der Waals surface area contributed by atoms with Gasteiger partial charge in [0.15, 0.2) is 6.10 Å². The van der Waals surface area contributed by atoms with Crippen molar-refractivity contribution in [3.05, 3.63) is 58.0 Å². The molecule has 4 rings (SSSR count). The molecule has 0 saturated carbocycles. The van der Waals surface area contributed by atoms with Crippen molar-refractivity contribution >= 4 is 24.8 Å². The molecule has 1 aliphatic rings. The average Bonchev–Trinajstić information content (AvgIpc) is 3.49. The summed E-state index contributed by atoms with van der Waals surface area (Å²) in [6.07, 6.45) is -6.56. The minimum atomic E-state index is -5.29. The van der Waals surface area contributed by atoms with Crippen molar-refractivity contribution in [1.29, 1.82) is 0 Å². The number of hydrogen-bond donors (Lipinski definition) is 3. The fourth-order valence-electron chi connectivity index (χ4n) is 4.58. The maximum Gasteiger partial charge on any atom is 0.350 e. The number of fused-ring (bicyclic) bond motifs is 1. The highest BCUT2D eigenvalue weighted by Crippen LogP contribution is 2.43. The Hall–Kier alpha value is -3.24. The zero-order valence-corrected chi connectivity index (χ0v) is 25.9. The SMILES string of the molecule is CC[NH+](CC)CC.[2H]C([2H])([2H])Oc1cc(C)c2oc(COC(=O)Cc3ccn([C@@H]4O[C@H](COP(=O)([O-])O)[C@@H](O)C4(F)F)c(=O)n3)cc2c1. The van der Waals surface area contributed by atoms with Gasteiger partial charge in [-0.05, 0) is 57.5 Å². The zero-order chi connectivity index (χ0) is 36.0. The lowest BCUT2D eigenvalue weighted by Crippen LogP contribution is -3.11. The summed E-state index contributed by atoms with van der Waals surface area (Å²) in [5.41, 5.74) is -0.417. The van der Waals surface area contributed by atoms with Crippen LogP contribution in [0, 0.1) is 6.92 Å². The monoisotopic (exact) mass is 664 g/mol. The van der Waals surface area contributed by atoms with E-state index in [0.717, 1.165) is 12.3 Å². The number of nitrogens with zero attached hydrogens (tertiary/aromatic N) is 2. The molecule has 0 amide bonds. The molecule has 3 aromatic rings. The summed E-state index contributed by atoms with van der Waals surface area (Å²) in [5, 5.41) is 10.3. The number of methoxy groups -OCH3 is 1. The van der Waals surface area contributed by atoms with Crippen LogP contribution in [-0.4, -0.2) is 76.9 Å². The number of aryl methyl sites for hydroxylation is 1. The van der Waals surface area contributed by atoms with E-state index in [2.05, 4.69) is 30.3 Å². The van der Waals surface area contributed by atoms with Gasteiger partial charge in [-0.25, -0.2) is 4.79 Å². The van der Waals surface area contributed by atoms with Gasteiger partial charge in [0.2, 0.25) is 6.23 Å². The smallest absolute Gasteiger partial charge is 0.350 e. The lowest BCUT2D eigenvalue weighted by Gasteiger charge is -2.21. The molecule has 1 fully saturated rings. The fourth-order valence-corrected chi connectivity index (χ4v) is 4.91. The quantitative estimate of drug-likeness (QED) is 0.184. The third-order valence-corrected chi connectivity index (χ3v) is 7.54. The third-order valence-electron chi connectivity index (χ3n) is 7.07. The van der Waals surface area contributed by atoms with Crippen LogP contribution in [-0.2, 0) is 36.4 Å². The summed E-state index contributed by atoms with van der Waals surface area (Å²) < 4.78 is 86.5. The first-order chi connectivity index (χ1) is 22.3. The van der Waals surface area contributed by atoms with Crippen LogP contribution in [0.1, 0.15) is 48.1 Å². The summed E-state index contributed by atoms with van der Waals surface area (Å²) in [6, 6.07) is 5.51. The molecule has 0 aliphatic carbocycles. The Kier molecular flexibility index (Phi) is 10.8. The molecule has 250 valence electrons. The zero-order valence-electron chi connectivity index (χ0n) is 28.0. The molecule has 1 saturated heterocycles. The van der Waals surface area contributed by atoms with Crippen LogP contribution in [0.15, 0.2) is 39.7 Å². The standard InChI is InChI=1S/C22H23F2N2O11P.C6H15N/c1-11-5-14(33-2)6-12-7-15(36-18(11)12)9-34-17(27)8-13-3-4-26(21(29)25-13)20-22(23,24)19(28)16(37-20)10-35-38(30,31)32;1-4-7(5-2)6-3/h3-7,16,19-20,28H,8-10H2,1-2H3,(H2,30,31,32);4-6H2,1-3H3/t16-,19-,20-;/m1./s1/i2D3;. The second-order valence-electron chi connectivity index (χ2n) is 10.1. The Morgan fingerprint density at radius 2 is 1.96 bits per heavy atom. The van der Waals surface area contributed by atoms with Crippen molar-refractivity contribution in [2.45, 2.75) is 65.1 Å². The largest absolute Gasteiger partial charge is 0.756 e. The van der Waals surface area contributed by atoms with E-state index in [0.29, 0.717) is 21.1 Å². The Labute approximate surface area is 261 Å². The van der Waals surface area contributed by atoms with E-state index in [1.807, 2.05) is 0 Å². The fraction of sp³-hybridized carbons (Fsp3) is 0.536. The van der Waals surface area contributed by atoms with Gasteiger partial charge in [-0.15, -0.1) is 0 Å². The molecule has 0 bridgehead atoms. The molecule has 3 heterocycles. The van der Waals surface area contributed by atoms with E-state index < -0.39 is 63.9 Å². The van der Waals surface area contributed by atoms with Gasteiger partial charge in [-0.3, -0.25) is 13.9 Å². The predicted octanol–water partition coefficient (Wildman–Crippen LogP) is 0.894. The number of ether oxygens (including phenoxy) is 3. The molecule has 0 spiro atoms. The molecular weight excluding hydrogens is 623 g/mol. The van der Waals surface area contributed by atoms with Crippen LogP contribution in [0.25, 0.3) is 11.0 Å². The second kappa shape index (κ2) is 15.4. The van der Waals surface area contributed by atoms with Crippen LogP contribution < -0.4 is 20.2 Å². The number of furan rings is 1. The molecule has 14 nitrogen and oxygen atoms in total. The number of aliphatic hydroxyl groups excluding tert-OH is 1. The first kappa shape index (κ1) is 31.7. The van der Waals surface area contributed by atoms with Gasteiger partial charge in [-0.2, -0.15) is 13.8 Å². The van der Waals surface area contributed by atoms with E-state index in [4.69, 9.17) is 27.6 Å². The Bertz CT molecular complexity index is 1660. The molecule has 1 aromatic carbocycles. The average molecular weight is 665 g/mol. The summed E-state index contributed by atoms with van der Waals surface area (Å²) in [4.78, 5) is 49.4. The van der Waals surface area contributed by atoms with Gasteiger partial charge in [0, 0.05) is 11.6 Å². The van der Waals surface area contributed by atoms with Gasteiger partial charge in [-0.1, -0.05) is 0 Å². The van der Waals surface area contributed by atoms with E-state index in [-0.39, 0.29) is 23.8 Å². The summed E-state index contributed by atoms with van der Waals surface area (Å²) >= 11 is 0. The summed E-state index contributed by atoms with van der Waals surface area (Å²) in [5.74, 6) is -4.61. The lowest BCUT2D eigenvalue weighted by molar-refractivity contribution is -0.894. The maximum atomic E-state index is 14.6. The highest BCUT2D eigenvalue weighted by molar-refractivity contribution is 7.44. The Morgan fingerprint density at radius 3 is 2.53 bits per heavy atom. The van der Waals surface area contributed by atoms with Crippen LogP contribution >= 0.6 is 7.82 Å². The molecule has 2 aromatic heterocycles. The van der Waals surface area contributed by atoms with Crippen LogP contribution in [0.4, 0.5) is 8.78 Å². The van der Waals surface area contributed by atoms with Crippen molar-refractivity contribution in [3.63, 3.8) is 0 Å². The number of halogens is 2. The second-order valence-corrected chi connectivity index (χ2v) is 11.3. The first-order valence-electron chi connectivity index (χ1n) is 15.5. The number of aliphatic hydroxyl groups is 1. The number of nitrogens with one attached hydrogen (secondary N) is 1. The molecule has 17 heteroatoms. The van der Waals surface area contributed by atoms with E-state index in [9.17, 15) is 32.9 Å². The number of alkyl halides is 2. The number of hydrogen-bond acceptors (Lipinski definition) is 11. The molecular formula is C28H38F2N3O11P. The molecule has 0 radical (unpaired) electrons. The number of carbonyl (C=O) groups is 1. The van der Waals surface area contributed by atoms with E-state index >= 15 is 0 Å². The molecule has 4 atom stereocenters. The normalized spacial score (nSPS) is 21.7. The topological polar surface area (TPSA) is 187 Å². The molecule has 1 unspecified atom stereocenters. The minimum absolute atomic E-state index is 0.0951. The number of aromatic nitrogens is 2. The number of phosphoric ester groups is 1. The molecule has 1 aliphatic heterocycles. The van der Waals surface area contributed by atoms with Gasteiger partial charge < -0.3 is 42.9 Å². The Balaban J connectivity index is 0.000000804. The molecule has 45 heavy (non-hydrogen) atoms. The van der Waals surface area contributed by atoms with Gasteiger partial charge >= 0.3 is 17.6 Å². The van der Waals surface area contributed by atoms with Gasteiger partial charge in [0.05, 0.1) is 49.5 Å². The van der Waals surface area contributed by atoms with Crippen LogP contribution in [0.5, 0.6) is 5.75 Å². The summed E-state index contributed by atoms with van der Waals surface area (Å²) in [7, 11) is -7.94. The van der Waals surface area contributed by atoms with Crippen LogP contribution in [0.2, 0.25) is 0 Å². The molecule has 3 N–H and O–H groups in total. The maximum absolute atomic E-state index is 14.6. The number of quaternary nitrogens is 1. The highest BCUT2D eigenvalue weighted by atomic mass is 31.2. The summed E-state index contributed by atoms with van der Waals surface area (Å²) in [6.45, 7) is 10.7. The highest BCUT2D eigenvalue weighted by Gasteiger charge is 2.59. The predicted molar refractivity (Wildman–Crippen MR) is 153 cm³/mol. The number of carbonyl (C=O) groups excluding carboxylic acids is 1. The van der Waals surface area contributed by atoms with Crippen LogP contribution in [0.3, 0.4) is 0 Å². The minimum Gasteiger partial charge on any atom is -0.756 e. The van der Waals surface area contributed by atoms with E-state index in [1.165, 1.54) is 37.8 Å². The van der Waals surface area contributed by atoms with Gasteiger partial charge in [0.1, 0.15) is 29.8 Å². The van der Waals surface area contributed by atoms with Gasteiger partial charge in [0.25, 0.3) is 7.82 Å². The Morgan fingerprint density at radius 1 is 1.27 bits per heavy atom. The van der Waals surface area contributed by atoms with E-state index in [1.54, 1.807) is 11.8 Å². The number of rotatable bonds is 12. The van der Waals surface area contributed by atoms with Crippen molar-refractivity contribution in [3.8, 4) is 5.75 Å². The lowest BCUT2D eigenvalue weighted by atomic mass is 10.1. The van der Waals surface area contributed by atoms with Crippen molar-refractivity contribution < 1.29 is 65.2 Å². The number of benzene rings is 1.